The fraction of sp³-hybridized carbons (Fsp3) is 0. The highest BCUT2D eigenvalue weighted by Crippen LogP contribution is 2.42. The van der Waals surface area contributed by atoms with Gasteiger partial charge in [-0.05, 0) is 60.7 Å². The lowest BCUT2D eigenvalue weighted by molar-refractivity contribution is 1.16. The smallest absolute Gasteiger partial charge is 0.160 e. The van der Waals surface area contributed by atoms with Crippen molar-refractivity contribution in [2.45, 2.75) is 0 Å². The molecule has 0 aliphatic rings. The standard InChI is InChI=1S/C53H33N5/c54-34-35-27-29-51-43(31-35)41-21-9-13-25-49(41)58(51)52-30-28-38(46-33-45(36-15-3-1-4-16-36)55-53(56-46)37-17-5-2-6-18-37)32-44(52)42-22-10-14-26-50(42)57-47-23-11-7-19-39(47)40-20-8-12-24-48(40)57/h1-33H. The molecule has 11 aromatic rings. The Morgan fingerprint density at radius 1 is 0.362 bits per heavy atom. The molecule has 0 radical (unpaired) electrons. The summed E-state index contributed by atoms with van der Waals surface area (Å²) in [5, 5.41) is 14.5. The van der Waals surface area contributed by atoms with Gasteiger partial charge in [-0.1, -0.05) is 140 Å². The first kappa shape index (κ1) is 33.3. The zero-order valence-electron chi connectivity index (χ0n) is 31.3. The average Bonchev–Trinajstić information content (AvgIpc) is 3.81. The topological polar surface area (TPSA) is 59.4 Å². The SMILES string of the molecule is N#Cc1ccc2c(c1)c1ccccc1n2-c1ccc(-c2cc(-c3ccccc3)nc(-c3ccccc3)n2)cc1-c1ccccc1-n1c2ccccc2c2ccccc21. The molecule has 0 spiro atoms. The van der Waals surface area contributed by atoms with E-state index >= 15 is 0 Å². The van der Waals surface area contributed by atoms with Gasteiger partial charge < -0.3 is 9.13 Å². The molecule has 0 N–H and O–H groups in total. The van der Waals surface area contributed by atoms with Gasteiger partial charge >= 0.3 is 0 Å². The van der Waals surface area contributed by atoms with Crippen molar-refractivity contribution in [1.29, 1.82) is 5.26 Å². The quantitative estimate of drug-likeness (QED) is 0.171. The van der Waals surface area contributed by atoms with E-state index in [-0.39, 0.29) is 0 Å². The van der Waals surface area contributed by atoms with Crippen molar-refractivity contribution in [2.24, 2.45) is 0 Å². The molecule has 3 heterocycles. The summed E-state index contributed by atoms with van der Waals surface area (Å²) in [5.41, 5.74) is 13.9. The number of rotatable bonds is 6. The number of fused-ring (bicyclic) bond motifs is 6. The molecular formula is C53H33N5. The first-order valence-corrected chi connectivity index (χ1v) is 19.4. The molecule has 5 heteroatoms. The van der Waals surface area contributed by atoms with Crippen molar-refractivity contribution in [3.05, 3.63) is 206 Å². The zero-order valence-corrected chi connectivity index (χ0v) is 31.3. The second-order valence-electron chi connectivity index (χ2n) is 14.5. The van der Waals surface area contributed by atoms with E-state index in [4.69, 9.17) is 9.97 Å². The maximum absolute atomic E-state index is 9.91. The van der Waals surface area contributed by atoms with Gasteiger partial charge in [-0.2, -0.15) is 5.26 Å². The van der Waals surface area contributed by atoms with Crippen LogP contribution in [0.4, 0.5) is 0 Å². The van der Waals surface area contributed by atoms with E-state index in [9.17, 15) is 5.26 Å². The van der Waals surface area contributed by atoms with Crippen LogP contribution in [0.25, 0.3) is 100 Å². The maximum Gasteiger partial charge on any atom is 0.160 e. The highest BCUT2D eigenvalue weighted by atomic mass is 15.0. The van der Waals surface area contributed by atoms with Crippen molar-refractivity contribution >= 4 is 43.6 Å². The number of benzene rings is 8. The van der Waals surface area contributed by atoms with Crippen LogP contribution >= 0.6 is 0 Å². The van der Waals surface area contributed by atoms with E-state index in [1.807, 2.05) is 48.5 Å². The molecule has 58 heavy (non-hydrogen) atoms. The fourth-order valence-corrected chi connectivity index (χ4v) is 8.55. The van der Waals surface area contributed by atoms with Crippen molar-refractivity contribution in [1.82, 2.24) is 19.1 Å². The number of aromatic nitrogens is 4. The monoisotopic (exact) mass is 739 g/mol. The third-order valence-electron chi connectivity index (χ3n) is 11.2. The normalized spacial score (nSPS) is 11.4. The van der Waals surface area contributed by atoms with E-state index < -0.39 is 0 Å². The summed E-state index contributed by atoms with van der Waals surface area (Å²) in [6.45, 7) is 0. The lowest BCUT2D eigenvalue weighted by atomic mass is 9.96. The summed E-state index contributed by atoms with van der Waals surface area (Å²) >= 11 is 0. The predicted octanol–water partition coefficient (Wildman–Crippen LogP) is 13.2. The summed E-state index contributed by atoms with van der Waals surface area (Å²) in [7, 11) is 0. The molecule has 270 valence electrons. The second-order valence-corrected chi connectivity index (χ2v) is 14.5. The first-order valence-electron chi connectivity index (χ1n) is 19.4. The molecule has 0 amide bonds. The molecule has 0 aliphatic carbocycles. The van der Waals surface area contributed by atoms with Crippen LogP contribution in [0.1, 0.15) is 5.56 Å². The van der Waals surface area contributed by atoms with Crippen molar-refractivity contribution < 1.29 is 0 Å². The van der Waals surface area contributed by atoms with Crippen molar-refractivity contribution in [2.75, 3.05) is 0 Å². The van der Waals surface area contributed by atoms with Crippen LogP contribution in [0.3, 0.4) is 0 Å². The number of nitriles is 1. The molecule has 0 atom stereocenters. The maximum atomic E-state index is 9.91. The molecule has 8 aromatic carbocycles. The van der Waals surface area contributed by atoms with Gasteiger partial charge in [-0.15, -0.1) is 0 Å². The van der Waals surface area contributed by atoms with Gasteiger partial charge in [0.25, 0.3) is 0 Å². The summed E-state index contributed by atoms with van der Waals surface area (Å²) in [6, 6.07) is 72.1. The predicted molar refractivity (Wildman–Crippen MR) is 237 cm³/mol. The van der Waals surface area contributed by atoms with Crippen molar-refractivity contribution in [3.63, 3.8) is 0 Å². The van der Waals surface area contributed by atoms with Crippen LogP contribution < -0.4 is 0 Å². The molecular weight excluding hydrogens is 707 g/mol. The number of hydrogen-bond donors (Lipinski definition) is 0. The molecule has 5 nitrogen and oxygen atoms in total. The van der Waals surface area contributed by atoms with E-state index in [1.165, 1.54) is 10.8 Å². The van der Waals surface area contributed by atoms with E-state index in [0.717, 1.165) is 83.4 Å². The fourth-order valence-electron chi connectivity index (χ4n) is 8.55. The van der Waals surface area contributed by atoms with E-state index in [1.54, 1.807) is 0 Å². The lowest BCUT2D eigenvalue weighted by Gasteiger charge is -2.20. The Bertz CT molecular complexity index is 3290. The van der Waals surface area contributed by atoms with Crippen LogP contribution in [-0.2, 0) is 0 Å². The largest absolute Gasteiger partial charge is 0.309 e. The van der Waals surface area contributed by atoms with Gasteiger partial charge in [-0.3, -0.25) is 0 Å². The van der Waals surface area contributed by atoms with Gasteiger partial charge in [-0.25, -0.2) is 9.97 Å². The number of hydrogen-bond acceptors (Lipinski definition) is 3. The van der Waals surface area contributed by atoms with Crippen molar-refractivity contribution in [3.8, 4) is 62.5 Å². The van der Waals surface area contributed by atoms with E-state index in [0.29, 0.717) is 11.4 Å². The minimum Gasteiger partial charge on any atom is -0.309 e. The number of para-hydroxylation sites is 4. The Labute approximate surface area is 335 Å². The summed E-state index contributed by atoms with van der Waals surface area (Å²) in [4.78, 5) is 10.3. The molecule has 3 aromatic heterocycles. The average molecular weight is 740 g/mol. The Hall–Kier alpha value is -8.07. The second kappa shape index (κ2) is 13.6. The highest BCUT2D eigenvalue weighted by molar-refractivity contribution is 6.11. The van der Waals surface area contributed by atoms with E-state index in [2.05, 4.69) is 167 Å². The van der Waals surface area contributed by atoms with Gasteiger partial charge in [0.15, 0.2) is 5.82 Å². The molecule has 0 saturated carbocycles. The zero-order chi connectivity index (χ0) is 38.6. The van der Waals surface area contributed by atoms with Gasteiger partial charge in [0.1, 0.15) is 0 Å². The molecule has 0 saturated heterocycles. The molecule has 0 fully saturated rings. The highest BCUT2D eigenvalue weighted by Gasteiger charge is 2.22. The van der Waals surface area contributed by atoms with Gasteiger partial charge in [0, 0.05) is 49.4 Å². The summed E-state index contributed by atoms with van der Waals surface area (Å²) in [6.07, 6.45) is 0. The summed E-state index contributed by atoms with van der Waals surface area (Å²) in [5.74, 6) is 0.670. The lowest BCUT2D eigenvalue weighted by Crippen LogP contribution is -2.02. The summed E-state index contributed by atoms with van der Waals surface area (Å²) < 4.78 is 4.74. The molecule has 11 rings (SSSR count). The minimum absolute atomic E-state index is 0.634. The van der Waals surface area contributed by atoms with Crippen LogP contribution in [0.2, 0.25) is 0 Å². The third kappa shape index (κ3) is 5.39. The Morgan fingerprint density at radius 2 is 0.862 bits per heavy atom. The third-order valence-corrected chi connectivity index (χ3v) is 11.2. The Kier molecular flexibility index (Phi) is 7.80. The Morgan fingerprint density at radius 3 is 1.50 bits per heavy atom. The molecule has 0 unspecified atom stereocenters. The van der Waals surface area contributed by atoms with Crippen LogP contribution in [0, 0.1) is 11.3 Å². The Balaban J connectivity index is 1.23. The molecule has 0 bridgehead atoms. The minimum atomic E-state index is 0.634. The van der Waals surface area contributed by atoms with Crippen LogP contribution in [-0.4, -0.2) is 19.1 Å². The molecule has 0 aliphatic heterocycles. The van der Waals surface area contributed by atoms with Crippen LogP contribution in [0.5, 0.6) is 0 Å². The number of nitrogens with zero attached hydrogens (tertiary/aromatic N) is 5. The first-order chi connectivity index (χ1) is 28.7. The van der Waals surface area contributed by atoms with Gasteiger partial charge in [0.05, 0.1) is 56.5 Å². The van der Waals surface area contributed by atoms with Gasteiger partial charge in [0.2, 0.25) is 0 Å². The van der Waals surface area contributed by atoms with Crippen LogP contribution in [0.15, 0.2) is 200 Å².